The zero-order chi connectivity index (χ0) is 17.5. The summed E-state index contributed by atoms with van der Waals surface area (Å²) >= 11 is 6.41. The van der Waals surface area contributed by atoms with Crippen LogP contribution in [-0.2, 0) is 4.79 Å². The summed E-state index contributed by atoms with van der Waals surface area (Å²) in [4.78, 5) is 12.0. The molecule has 1 amide bonds. The number of amides is 1. The van der Waals surface area contributed by atoms with Crippen molar-refractivity contribution in [1.82, 2.24) is 15.1 Å². The molecule has 0 aliphatic carbocycles. The zero-order valence-electron chi connectivity index (χ0n) is 13.9. The quantitative estimate of drug-likeness (QED) is 0.756. The summed E-state index contributed by atoms with van der Waals surface area (Å²) < 4.78 is 1.65. The van der Waals surface area contributed by atoms with Crippen LogP contribution in [-0.4, -0.2) is 33.4 Å². The molecule has 1 unspecified atom stereocenters. The number of para-hydroxylation sites is 1. The van der Waals surface area contributed by atoms with Gasteiger partial charge < -0.3 is 10.4 Å². The molecule has 0 saturated carbocycles. The summed E-state index contributed by atoms with van der Waals surface area (Å²) in [6.45, 7) is 3.87. The van der Waals surface area contributed by atoms with Gasteiger partial charge in [-0.05, 0) is 38.0 Å². The van der Waals surface area contributed by atoms with Crippen LogP contribution in [0.1, 0.15) is 31.0 Å². The normalized spacial score (nSPS) is 12.5. The van der Waals surface area contributed by atoms with Gasteiger partial charge in [0.25, 0.3) is 0 Å². The number of rotatable bonds is 7. The highest BCUT2D eigenvalue weighted by atomic mass is 35.5. The Morgan fingerprint density at radius 3 is 2.75 bits per heavy atom. The number of carbonyl (C=O) groups is 1. The Morgan fingerprint density at radius 1 is 1.42 bits per heavy atom. The first-order chi connectivity index (χ1) is 11.6. The number of aliphatic hydroxyl groups is 1. The molecule has 2 N–H and O–H groups in total. The van der Waals surface area contributed by atoms with Crippen LogP contribution in [0.3, 0.4) is 0 Å². The summed E-state index contributed by atoms with van der Waals surface area (Å²) in [6, 6.07) is 9.55. The molecule has 1 aromatic heterocycles. The third kappa shape index (κ3) is 4.46. The average Bonchev–Trinajstić information content (AvgIpc) is 2.87. The number of nitrogens with zero attached hydrogens (tertiary/aromatic N) is 2. The van der Waals surface area contributed by atoms with Crippen LogP contribution in [0.4, 0.5) is 0 Å². The first kappa shape index (κ1) is 18.2. The molecule has 1 aromatic carbocycles. The van der Waals surface area contributed by atoms with Gasteiger partial charge in [0.15, 0.2) is 0 Å². The van der Waals surface area contributed by atoms with Crippen molar-refractivity contribution in [1.29, 1.82) is 0 Å². The lowest BCUT2D eigenvalue weighted by atomic mass is 10.1. The van der Waals surface area contributed by atoms with Crippen molar-refractivity contribution < 1.29 is 9.90 Å². The third-order valence-electron chi connectivity index (χ3n) is 3.77. The van der Waals surface area contributed by atoms with E-state index in [0.29, 0.717) is 17.1 Å². The van der Waals surface area contributed by atoms with Gasteiger partial charge in [-0.2, -0.15) is 5.10 Å². The third-order valence-corrected chi connectivity index (χ3v) is 4.13. The van der Waals surface area contributed by atoms with Crippen molar-refractivity contribution in [3.05, 3.63) is 52.8 Å². The summed E-state index contributed by atoms with van der Waals surface area (Å²) in [7, 11) is 0. The lowest BCUT2D eigenvalue weighted by Gasteiger charge is -2.13. The van der Waals surface area contributed by atoms with Crippen LogP contribution in [0.25, 0.3) is 11.8 Å². The zero-order valence-corrected chi connectivity index (χ0v) is 14.6. The van der Waals surface area contributed by atoms with Gasteiger partial charge in [-0.25, -0.2) is 4.68 Å². The Kier molecular flexibility index (Phi) is 6.58. The van der Waals surface area contributed by atoms with Gasteiger partial charge in [0, 0.05) is 24.3 Å². The fraction of sp³-hybridized carbons (Fsp3) is 0.333. The second kappa shape index (κ2) is 8.66. The smallest absolute Gasteiger partial charge is 0.244 e. The Morgan fingerprint density at radius 2 is 2.12 bits per heavy atom. The Labute approximate surface area is 146 Å². The molecule has 1 atom stereocenters. The van der Waals surface area contributed by atoms with Crippen LogP contribution in [0.2, 0.25) is 5.15 Å². The highest BCUT2D eigenvalue weighted by molar-refractivity contribution is 6.31. The highest BCUT2D eigenvalue weighted by Gasteiger charge is 2.13. The molecule has 0 radical (unpaired) electrons. The van der Waals surface area contributed by atoms with E-state index in [1.165, 1.54) is 6.08 Å². The molecule has 128 valence electrons. The lowest BCUT2D eigenvalue weighted by Crippen LogP contribution is -2.33. The predicted octanol–water partition coefficient (Wildman–Crippen LogP) is 3.12. The van der Waals surface area contributed by atoms with E-state index in [1.807, 2.05) is 44.2 Å². The van der Waals surface area contributed by atoms with Crippen LogP contribution in [0.5, 0.6) is 0 Å². The number of benzene rings is 1. The molecule has 1 heterocycles. The number of aliphatic hydroxyl groups excluding tert-OH is 1. The maximum Gasteiger partial charge on any atom is 0.244 e. The summed E-state index contributed by atoms with van der Waals surface area (Å²) in [5.41, 5.74) is 2.32. The second-order valence-electron chi connectivity index (χ2n) is 5.50. The molecular weight excluding hydrogens is 326 g/mol. The molecule has 6 heteroatoms. The van der Waals surface area contributed by atoms with E-state index in [1.54, 1.807) is 10.8 Å². The average molecular weight is 348 g/mol. The van der Waals surface area contributed by atoms with Crippen molar-refractivity contribution in [2.45, 2.75) is 32.7 Å². The highest BCUT2D eigenvalue weighted by Crippen LogP contribution is 2.24. The number of nitrogens with one attached hydrogen (secondary N) is 1. The minimum Gasteiger partial charge on any atom is -0.396 e. The standard InChI is InChI=1S/C18H22ClN3O2/c1-3-14(11-12-23)20-17(24)10-9-16-13(2)21-22(18(16)19)15-7-5-4-6-8-15/h4-10,14,23H,3,11-12H2,1-2H3,(H,20,24)/b10-9+. The summed E-state index contributed by atoms with van der Waals surface area (Å²) in [5.74, 6) is -0.210. The molecule has 2 aromatic rings. The number of aryl methyl sites for hydroxylation is 1. The molecule has 0 aliphatic rings. The number of hydrogen-bond acceptors (Lipinski definition) is 3. The van der Waals surface area contributed by atoms with Gasteiger partial charge in [-0.3, -0.25) is 4.79 Å². The van der Waals surface area contributed by atoms with Crippen LogP contribution in [0.15, 0.2) is 36.4 Å². The maximum atomic E-state index is 12.0. The molecule has 0 saturated heterocycles. The lowest BCUT2D eigenvalue weighted by molar-refractivity contribution is -0.117. The molecule has 0 aliphatic heterocycles. The van der Waals surface area contributed by atoms with Gasteiger partial charge in [0.05, 0.1) is 11.4 Å². The number of carbonyl (C=O) groups excluding carboxylic acids is 1. The van der Waals surface area contributed by atoms with Gasteiger partial charge in [0.2, 0.25) is 5.91 Å². The van der Waals surface area contributed by atoms with E-state index >= 15 is 0 Å². The molecule has 0 bridgehead atoms. The van der Waals surface area contributed by atoms with E-state index in [2.05, 4.69) is 10.4 Å². The first-order valence-corrected chi connectivity index (χ1v) is 8.34. The molecule has 0 fully saturated rings. The van der Waals surface area contributed by atoms with Gasteiger partial charge >= 0.3 is 0 Å². The van der Waals surface area contributed by atoms with E-state index in [0.717, 1.165) is 17.8 Å². The van der Waals surface area contributed by atoms with E-state index < -0.39 is 0 Å². The summed E-state index contributed by atoms with van der Waals surface area (Å²) in [6.07, 6.45) is 4.43. The molecular formula is C18H22ClN3O2. The van der Waals surface area contributed by atoms with E-state index in [9.17, 15) is 4.79 Å². The number of halogens is 1. The van der Waals surface area contributed by atoms with Crippen molar-refractivity contribution in [3.63, 3.8) is 0 Å². The van der Waals surface area contributed by atoms with Crippen LogP contribution in [0, 0.1) is 6.92 Å². The van der Waals surface area contributed by atoms with E-state index in [-0.39, 0.29) is 18.6 Å². The predicted molar refractivity (Wildman–Crippen MR) is 96.3 cm³/mol. The maximum absolute atomic E-state index is 12.0. The minimum atomic E-state index is -0.210. The Balaban J connectivity index is 2.15. The van der Waals surface area contributed by atoms with Crippen molar-refractivity contribution in [3.8, 4) is 5.69 Å². The topological polar surface area (TPSA) is 67.2 Å². The SMILES string of the molecule is CCC(CCO)NC(=O)/C=C/c1c(C)nn(-c2ccccc2)c1Cl. The molecule has 2 rings (SSSR count). The fourth-order valence-electron chi connectivity index (χ4n) is 2.38. The van der Waals surface area contributed by atoms with Crippen LogP contribution < -0.4 is 5.32 Å². The number of aromatic nitrogens is 2. The van der Waals surface area contributed by atoms with Crippen molar-refractivity contribution in [2.75, 3.05) is 6.61 Å². The monoisotopic (exact) mass is 347 g/mol. The molecule has 0 spiro atoms. The van der Waals surface area contributed by atoms with Gasteiger partial charge in [0.1, 0.15) is 5.15 Å². The fourth-order valence-corrected chi connectivity index (χ4v) is 2.72. The van der Waals surface area contributed by atoms with Crippen molar-refractivity contribution >= 4 is 23.6 Å². The van der Waals surface area contributed by atoms with Crippen LogP contribution >= 0.6 is 11.6 Å². The first-order valence-electron chi connectivity index (χ1n) is 7.96. The minimum absolute atomic E-state index is 0.0317. The largest absolute Gasteiger partial charge is 0.396 e. The van der Waals surface area contributed by atoms with Gasteiger partial charge in [-0.15, -0.1) is 0 Å². The summed E-state index contributed by atoms with van der Waals surface area (Å²) in [5, 5.41) is 16.7. The Hall–Kier alpha value is -2.11. The van der Waals surface area contributed by atoms with Gasteiger partial charge in [-0.1, -0.05) is 36.7 Å². The Bertz CT molecular complexity index is 711. The second-order valence-corrected chi connectivity index (χ2v) is 5.85. The number of hydrogen-bond donors (Lipinski definition) is 2. The van der Waals surface area contributed by atoms with Crippen molar-refractivity contribution in [2.24, 2.45) is 0 Å². The molecule has 5 nitrogen and oxygen atoms in total. The molecule has 24 heavy (non-hydrogen) atoms. The van der Waals surface area contributed by atoms with E-state index in [4.69, 9.17) is 16.7 Å².